The Labute approximate surface area is 150 Å². The lowest BCUT2D eigenvalue weighted by atomic mass is 10.0. The van der Waals surface area contributed by atoms with E-state index in [4.69, 9.17) is 0 Å². The average Bonchev–Trinajstić information content (AvgIpc) is 2.64. The van der Waals surface area contributed by atoms with Gasteiger partial charge in [0, 0.05) is 11.3 Å². The van der Waals surface area contributed by atoms with Crippen molar-refractivity contribution in [1.82, 2.24) is 0 Å². The first-order valence-electron chi connectivity index (χ1n) is 8.10. The summed E-state index contributed by atoms with van der Waals surface area (Å²) in [5.74, 6) is -0.296. The number of carbonyl (C=O) groups is 1. The predicted molar refractivity (Wildman–Crippen MR) is 96.7 cm³/mol. The lowest BCUT2D eigenvalue weighted by Gasteiger charge is -2.12. The van der Waals surface area contributed by atoms with Crippen molar-refractivity contribution in [2.75, 3.05) is 5.32 Å². The van der Waals surface area contributed by atoms with Gasteiger partial charge in [-0.3, -0.25) is 4.79 Å². The molecule has 1 amide bonds. The second-order valence-electron chi connectivity index (χ2n) is 5.68. The fraction of sp³-hybridized carbons (Fsp3) is 0.0952. The van der Waals surface area contributed by atoms with Gasteiger partial charge in [-0.15, -0.1) is 0 Å². The highest BCUT2D eigenvalue weighted by molar-refractivity contribution is 6.04. The molecule has 0 radical (unpaired) electrons. The molecule has 0 aromatic heterocycles. The Morgan fingerprint density at radius 3 is 2.23 bits per heavy atom. The molecule has 5 heteroatoms. The quantitative estimate of drug-likeness (QED) is 0.667. The second-order valence-corrected chi connectivity index (χ2v) is 5.68. The summed E-state index contributed by atoms with van der Waals surface area (Å²) in [7, 11) is 0. The molecule has 0 atom stereocenters. The van der Waals surface area contributed by atoms with E-state index in [0.29, 0.717) is 17.7 Å². The highest BCUT2D eigenvalue weighted by Crippen LogP contribution is 2.21. The van der Waals surface area contributed by atoms with Crippen molar-refractivity contribution in [3.63, 3.8) is 0 Å². The third-order valence-electron chi connectivity index (χ3n) is 3.84. The Hall–Kier alpha value is -3.21. The highest BCUT2D eigenvalue weighted by atomic mass is 19.3. The van der Waals surface area contributed by atoms with Crippen LogP contribution in [-0.2, 0) is 6.42 Å². The van der Waals surface area contributed by atoms with Crippen LogP contribution in [0.4, 0.5) is 14.5 Å². The molecule has 26 heavy (non-hydrogen) atoms. The zero-order valence-corrected chi connectivity index (χ0v) is 13.9. The van der Waals surface area contributed by atoms with Gasteiger partial charge in [-0.05, 0) is 47.9 Å². The van der Waals surface area contributed by atoms with E-state index in [2.05, 4.69) is 10.1 Å². The summed E-state index contributed by atoms with van der Waals surface area (Å²) in [6.45, 7) is -2.89. The Balaban J connectivity index is 1.73. The van der Waals surface area contributed by atoms with Crippen molar-refractivity contribution in [3.05, 3.63) is 95.6 Å². The Bertz CT molecular complexity index is 865. The summed E-state index contributed by atoms with van der Waals surface area (Å²) in [4.78, 5) is 12.5. The lowest BCUT2D eigenvalue weighted by molar-refractivity contribution is -0.0498. The summed E-state index contributed by atoms with van der Waals surface area (Å²) in [5, 5.41) is 2.88. The maximum Gasteiger partial charge on any atom is 0.387 e. The van der Waals surface area contributed by atoms with E-state index in [1.807, 2.05) is 54.6 Å². The molecule has 0 unspecified atom stereocenters. The molecule has 0 heterocycles. The van der Waals surface area contributed by atoms with Gasteiger partial charge >= 0.3 is 6.61 Å². The molecule has 3 aromatic carbocycles. The van der Waals surface area contributed by atoms with E-state index in [1.54, 1.807) is 0 Å². The number of rotatable bonds is 6. The molecular formula is C21H17F2NO2. The van der Waals surface area contributed by atoms with E-state index in [1.165, 1.54) is 24.3 Å². The van der Waals surface area contributed by atoms with Gasteiger partial charge in [-0.2, -0.15) is 8.78 Å². The first-order chi connectivity index (χ1) is 12.6. The molecule has 0 aliphatic rings. The smallest absolute Gasteiger partial charge is 0.387 e. The molecule has 0 fully saturated rings. The summed E-state index contributed by atoms with van der Waals surface area (Å²) in [5.41, 5.74) is 3.21. The predicted octanol–water partition coefficient (Wildman–Crippen LogP) is 5.13. The fourth-order valence-corrected chi connectivity index (χ4v) is 2.59. The molecule has 0 saturated heterocycles. The maximum absolute atomic E-state index is 12.5. The number of ether oxygens (including phenoxy) is 1. The molecule has 3 rings (SSSR count). The zero-order chi connectivity index (χ0) is 18.4. The molecule has 1 N–H and O–H groups in total. The summed E-state index contributed by atoms with van der Waals surface area (Å²) >= 11 is 0. The minimum absolute atomic E-state index is 0.0148. The Kier molecular flexibility index (Phi) is 5.59. The van der Waals surface area contributed by atoms with E-state index >= 15 is 0 Å². The SMILES string of the molecule is O=C(Nc1ccccc1Cc1ccccc1)c1ccc(OC(F)F)cc1. The van der Waals surface area contributed by atoms with Gasteiger partial charge in [0.25, 0.3) is 5.91 Å². The van der Waals surface area contributed by atoms with Crippen LogP contribution in [0, 0.1) is 0 Å². The van der Waals surface area contributed by atoms with E-state index < -0.39 is 6.61 Å². The second kappa shape index (κ2) is 8.25. The van der Waals surface area contributed by atoms with Gasteiger partial charge in [-0.1, -0.05) is 48.5 Å². The molecule has 132 valence electrons. The van der Waals surface area contributed by atoms with Crippen LogP contribution in [-0.4, -0.2) is 12.5 Å². The van der Waals surface area contributed by atoms with E-state index in [9.17, 15) is 13.6 Å². The van der Waals surface area contributed by atoms with Crippen LogP contribution in [0.25, 0.3) is 0 Å². The molecule has 0 aliphatic carbocycles. The Morgan fingerprint density at radius 2 is 1.54 bits per heavy atom. The van der Waals surface area contributed by atoms with Crippen LogP contribution in [0.15, 0.2) is 78.9 Å². The number of nitrogens with one attached hydrogen (secondary N) is 1. The van der Waals surface area contributed by atoms with E-state index in [0.717, 1.165) is 11.1 Å². The summed E-state index contributed by atoms with van der Waals surface area (Å²) < 4.78 is 28.7. The minimum Gasteiger partial charge on any atom is -0.435 e. The van der Waals surface area contributed by atoms with Crippen molar-refractivity contribution in [2.45, 2.75) is 13.0 Å². The lowest BCUT2D eigenvalue weighted by Crippen LogP contribution is -2.13. The minimum atomic E-state index is -2.89. The number of halogens is 2. The largest absolute Gasteiger partial charge is 0.435 e. The van der Waals surface area contributed by atoms with Crippen LogP contribution < -0.4 is 10.1 Å². The average molecular weight is 353 g/mol. The molecule has 3 nitrogen and oxygen atoms in total. The number of amides is 1. The molecule has 0 bridgehead atoms. The number of benzene rings is 3. The van der Waals surface area contributed by atoms with Crippen LogP contribution in [0.2, 0.25) is 0 Å². The third-order valence-corrected chi connectivity index (χ3v) is 3.84. The van der Waals surface area contributed by atoms with Crippen LogP contribution in [0.3, 0.4) is 0 Å². The third kappa shape index (κ3) is 4.66. The van der Waals surface area contributed by atoms with Crippen molar-refractivity contribution in [1.29, 1.82) is 0 Å². The van der Waals surface area contributed by atoms with E-state index in [-0.39, 0.29) is 11.7 Å². The van der Waals surface area contributed by atoms with Crippen molar-refractivity contribution in [2.24, 2.45) is 0 Å². The van der Waals surface area contributed by atoms with Gasteiger partial charge in [0.15, 0.2) is 0 Å². The standard InChI is InChI=1S/C21H17F2NO2/c22-21(23)26-18-12-10-16(11-13-18)20(25)24-19-9-5-4-8-17(19)14-15-6-2-1-3-7-15/h1-13,21H,14H2,(H,24,25). The zero-order valence-electron chi connectivity index (χ0n) is 13.9. The van der Waals surface area contributed by atoms with Gasteiger partial charge in [0.2, 0.25) is 0 Å². The normalized spacial score (nSPS) is 10.6. The Morgan fingerprint density at radius 1 is 0.885 bits per heavy atom. The van der Waals surface area contributed by atoms with Crippen molar-refractivity contribution >= 4 is 11.6 Å². The molecule has 0 spiro atoms. The first-order valence-corrected chi connectivity index (χ1v) is 8.10. The van der Waals surface area contributed by atoms with Gasteiger partial charge in [0.05, 0.1) is 0 Å². The van der Waals surface area contributed by atoms with Crippen LogP contribution in [0.1, 0.15) is 21.5 Å². The maximum atomic E-state index is 12.5. The number of carbonyl (C=O) groups excluding carboxylic acids is 1. The van der Waals surface area contributed by atoms with Gasteiger partial charge in [-0.25, -0.2) is 0 Å². The first kappa shape index (κ1) is 17.6. The van der Waals surface area contributed by atoms with Crippen molar-refractivity contribution in [3.8, 4) is 5.75 Å². The van der Waals surface area contributed by atoms with Crippen LogP contribution in [0.5, 0.6) is 5.75 Å². The van der Waals surface area contributed by atoms with Crippen molar-refractivity contribution < 1.29 is 18.3 Å². The summed E-state index contributed by atoms with van der Waals surface area (Å²) in [6, 6.07) is 23.1. The monoisotopic (exact) mass is 353 g/mol. The van der Waals surface area contributed by atoms with Gasteiger partial charge < -0.3 is 10.1 Å². The van der Waals surface area contributed by atoms with Gasteiger partial charge in [0.1, 0.15) is 5.75 Å². The number of para-hydroxylation sites is 1. The number of anilines is 1. The van der Waals surface area contributed by atoms with Crippen LogP contribution >= 0.6 is 0 Å². The summed E-state index contributed by atoms with van der Waals surface area (Å²) in [6.07, 6.45) is 0.693. The fourth-order valence-electron chi connectivity index (χ4n) is 2.59. The number of hydrogen-bond donors (Lipinski definition) is 1. The number of alkyl halides is 2. The molecule has 0 aliphatic heterocycles. The number of hydrogen-bond acceptors (Lipinski definition) is 2. The molecule has 3 aromatic rings. The molecular weight excluding hydrogens is 336 g/mol. The molecule has 0 saturated carbocycles. The topological polar surface area (TPSA) is 38.3 Å². The highest BCUT2D eigenvalue weighted by Gasteiger charge is 2.11.